The molecule has 0 spiro atoms. The fourth-order valence-electron chi connectivity index (χ4n) is 2.61. The normalized spacial score (nSPS) is 12.2. The molecule has 2 aromatic carbocycles. The minimum Gasteiger partial charge on any atom is -0.481 e. The minimum absolute atomic E-state index is 0.489. The molecule has 1 N–H and O–H groups in total. The van der Waals surface area contributed by atoms with Crippen LogP contribution in [0.3, 0.4) is 0 Å². The zero-order chi connectivity index (χ0) is 14.7. The molecule has 0 bridgehead atoms. The Kier molecular flexibility index (Phi) is 4.23. The zero-order valence-corrected chi connectivity index (χ0v) is 12.2. The van der Waals surface area contributed by atoms with Crippen molar-refractivity contribution in [3.05, 3.63) is 70.3 Å². The van der Waals surface area contributed by atoms with Gasteiger partial charge in [0.15, 0.2) is 0 Å². The molecule has 2 nitrogen and oxygen atoms in total. The summed E-state index contributed by atoms with van der Waals surface area (Å²) in [6.07, 6.45) is 0.534. The van der Waals surface area contributed by atoms with Gasteiger partial charge in [-0.3, -0.25) is 4.79 Å². The van der Waals surface area contributed by atoms with Gasteiger partial charge in [-0.15, -0.1) is 0 Å². The van der Waals surface area contributed by atoms with Gasteiger partial charge in [0.25, 0.3) is 0 Å². The maximum absolute atomic E-state index is 11.7. The van der Waals surface area contributed by atoms with Crippen LogP contribution in [0.2, 0.25) is 0 Å². The van der Waals surface area contributed by atoms with Crippen LogP contribution in [0.25, 0.3) is 0 Å². The highest BCUT2D eigenvalue weighted by Gasteiger charge is 2.22. The highest BCUT2D eigenvalue weighted by Crippen LogP contribution is 2.26. The summed E-state index contributed by atoms with van der Waals surface area (Å²) >= 11 is 0. The molecule has 0 aliphatic carbocycles. The second kappa shape index (κ2) is 5.91. The molecular weight excluding hydrogens is 248 g/mol. The summed E-state index contributed by atoms with van der Waals surface area (Å²) in [5.41, 5.74) is 5.35. The first-order valence-corrected chi connectivity index (χ1v) is 6.83. The highest BCUT2D eigenvalue weighted by atomic mass is 16.4. The molecule has 0 heterocycles. The third-order valence-electron chi connectivity index (χ3n) is 3.78. The van der Waals surface area contributed by atoms with Crippen LogP contribution in [0.1, 0.15) is 33.7 Å². The molecule has 0 fully saturated rings. The van der Waals surface area contributed by atoms with Gasteiger partial charge in [-0.25, -0.2) is 0 Å². The van der Waals surface area contributed by atoms with E-state index < -0.39 is 11.9 Å². The SMILES string of the molecule is Cc1ccc(C(Cc2ccccc2C)C(=O)O)c(C)c1. The predicted octanol–water partition coefficient (Wildman–Crippen LogP) is 4.02. The predicted molar refractivity (Wildman–Crippen MR) is 81.2 cm³/mol. The third-order valence-corrected chi connectivity index (χ3v) is 3.78. The number of carbonyl (C=O) groups is 1. The standard InChI is InChI=1S/C18H20O2/c1-12-8-9-16(14(3)10-12)17(18(19)20)11-15-7-5-4-6-13(15)2/h4-10,17H,11H2,1-3H3,(H,19,20). The smallest absolute Gasteiger partial charge is 0.311 e. The van der Waals surface area contributed by atoms with Crippen LogP contribution in [0.15, 0.2) is 42.5 Å². The molecule has 2 heteroatoms. The van der Waals surface area contributed by atoms with E-state index in [9.17, 15) is 9.90 Å². The van der Waals surface area contributed by atoms with Gasteiger partial charge in [0, 0.05) is 0 Å². The lowest BCUT2D eigenvalue weighted by molar-refractivity contribution is -0.138. The van der Waals surface area contributed by atoms with E-state index in [0.717, 1.165) is 27.8 Å². The van der Waals surface area contributed by atoms with E-state index in [2.05, 4.69) is 0 Å². The summed E-state index contributed by atoms with van der Waals surface area (Å²) in [5.74, 6) is -1.25. The Balaban J connectivity index is 2.37. The highest BCUT2D eigenvalue weighted by molar-refractivity contribution is 5.77. The van der Waals surface area contributed by atoms with E-state index in [0.29, 0.717) is 6.42 Å². The fraction of sp³-hybridized carbons (Fsp3) is 0.278. The van der Waals surface area contributed by atoms with Gasteiger partial charge >= 0.3 is 5.97 Å². The number of benzene rings is 2. The quantitative estimate of drug-likeness (QED) is 0.909. The van der Waals surface area contributed by atoms with Gasteiger partial charge in [0.05, 0.1) is 5.92 Å². The maximum Gasteiger partial charge on any atom is 0.311 e. The number of carboxylic acids is 1. The molecule has 1 atom stereocenters. The Morgan fingerprint density at radius 1 is 1.05 bits per heavy atom. The molecule has 0 aromatic heterocycles. The molecule has 0 aliphatic heterocycles. The Bertz CT molecular complexity index is 629. The van der Waals surface area contributed by atoms with Crippen LogP contribution in [0.4, 0.5) is 0 Å². The summed E-state index contributed by atoms with van der Waals surface area (Å²) in [7, 11) is 0. The fourth-order valence-corrected chi connectivity index (χ4v) is 2.61. The Morgan fingerprint density at radius 2 is 1.75 bits per heavy atom. The van der Waals surface area contributed by atoms with Gasteiger partial charge in [0.1, 0.15) is 0 Å². The van der Waals surface area contributed by atoms with Crippen molar-refractivity contribution >= 4 is 5.97 Å². The number of carboxylic acid groups (broad SMARTS) is 1. The van der Waals surface area contributed by atoms with Crippen molar-refractivity contribution < 1.29 is 9.90 Å². The van der Waals surface area contributed by atoms with Gasteiger partial charge in [-0.1, -0.05) is 48.0 Å². The van der Waals surface area contributed by atoms with E-state index in [1.807, 2.05) is 63.2 Å². The molecular formula is C18H20O2. The first-order valence-electron chi connectivity index (χ1n) is 6.83. The Hall–Kier alpha value is -2.09. The van der Waals surface area contributed by atoms with E-state index >= 15 is 0 Å². The second-order valence-corrected chi connectivity index (χ2v) is 5.38. The van der Waals surface area contributed by atoms with Crippen molar-refractivity contribution in [2.75, 3.05) is 0 Å². The number of rotatable bonds is 4. The van der Waals surface area contributed by atoms with Gasteiger partial charge in [0.2, 0.25) is 0 Å². The summed E-state index contributed by atoms with van der Waals surface area (Å²) in [5, 5.41) is 9.57. The van der Waals surface area contributed by atoms with Crippen molar-refractivity contribution in [3.8, 4) is 0 Å². The van der Waals surface area contributed by atoms with Crippen LogP contribution in [0.5, 0.6) is 0 Å². The molecule has 0 amide bonds. The summed E-state index contributed by atoms with van der Waals surface area (Å²) in [4.78, 5) is 11.7. The van der Waals surface area contributed by atoms with E-state index in [4.69, 9.17) is 0 Å². The third kappa shape index (κ3) is 3.08. The first-order chi connectivity index (χ1) is 9.49. The average Bonchev–Trinajstić information content (AvgIpc) is 2.38. The van der Waals surface area contributed by atoms with E-state index in [1.54, 1.807) is 0 Å². The number of aliphatic carboxylic acids is 1. The van der Waals surface area contributed by atoms with Crippen molar-refractivity contribution in [1.29, 1.82) is 0 Å². The molecule has 2 rings (SSSR count). The van der Waals surface area contributed by atoms with E-state index in [-0.39, 0.29) is 0 Å². The molecule has 0 saturated carbocycles. The molecule has 2 aromatic rings. The van der Waals surface area contributed by atoms with Crippen molar-refractivity contribution in [2.24, 2.45) is 0 Å². The van der Waals surface area contributed by atoms with Crippen LogP contribution in [-0.4, -0.2) is 11.1 Å². The van der Waals surface area contributed by atoms with E-state index in [1.165, 1.54) is 0 Å². The molecule has 0 aliphatic rings. The lowest BCUT2D eigenvalue weighted by Crippen LogP contribution is -2.16. The number of hydrogen-bond donors (Lipinski definition) is 1. The molecule has 1 unspecified atom stereocenters. The Labute approximate surface area is 120 Å². The van der Waals surface area contributed by atoms with Crippen LogP contribution >= 0.6 is 0 Å². The lowest BCUT2D eigenvalue weighted by atomic mass is 9.87. The largest absolute Gasteiger partial charge is 0.481 e. The second-order valence-electron chi connectivity index (χ2n) is 5.38. The minimum atomic E-state index is -0.764. The van der Waals surface area contributed by atoms with Crippen molar-refractivity contribution in [1.82, 2.24) is 0 Å². The number of hydrogen-bond acceptors (Lipinski definition) is 1. The topological polar surface area (TPSA) is 37.3 Å². The molecule has 0 saturated heterocycles. The van der Waals surface area contributed by atoms with Gasteiger partial charge in [-0.05, 0) is 49.4 Å². The monoisotopic (exact) mass is 268 g/mol. The number of aryl methyl sites for hydroxylation is 3. The van der Waals surface area contributed by atoms with Crippen LogP contribution in [0, 0.1) is 20.8 Å². The molecule has 0 radical (unpaired) electrons. The zero-order valence-electron chi connectivity index (χ0n) is 12.2. The van der Waals surface area contributed by atoms with Crippen molar-refractivity contribution in [2.45, 2.75) is 33.1 Å². The molecule has 104 valence electrons. The molecule has 20 heavy (non-hydrogen) atoms. The van der Waals surface area contributed by atoms with Crippen molar-refractivity contribution in [3.63, 3.8) is 0 Å². The maximum atomic E-state index is 11.7. The summed E-state index contributed by atoms with van der Waals surface area (Å²) in [6.45, 7) is 6.03. The Morgan fingerprint density at radius 3 is 2.35 bits per heavy atom. The van der Waals surface area contributed by atoms with Crippen LogP contribution < -0.4 is 0 Å². The van der Waals surface area contributed by atoms with Crippen LogP contribution in [-0.2, 0) is 11.2 Å². The van der Waals surface area contributed by atoms with Gasteiger partial charge in [-0.2, -0.15) is 0 Å². The van der Waals surface area contributed by atoms with Gasteiger partial charge < -0.3 is 5.11 Å². The first kappa shape index (κ1) is 14.3. The average molecular weight is 268 g/mol. The summed E-state index contributed by atoms with van der Waals surface area (Å²) in [6, 6.07) is 13.9. The lowest BCUT2D eigenvalue weighted by Gasteiger charge is -2.17. The summed E-state index contributed by atoms with van der Waals surface area (Å²) < 4.78 is 0.